The van der Waals surface area contributed by atoms with Crippen LogP contribution in [0, 0.1) is 0 Å². The van der Waals surface area contributed by atoms with Crippen molar-refractivity contribution >= 4 is 5.91 Å². The highest BCUT2D eigenvalue weighted by Crippen LogP contribution is 2.24. The van der Waals surface area contributed by atoms with Crippen LogP contribution >= 0.6 is 0 Å². The zero-order valence-electron chi connectivity index (χ0n) is 17.9. The standard InChI is InChI=1S/C23H32N4O3/c1-29-20-9-6-18(7-10-20)8-11-21-24-25-22(30-21)12-13-23(28)27-16-14-26(15-17-27)19-4-2-3-5-19/h6-7,9-10,19H,2-5,8,11-17H2,1H3. The Bertz CT molecular complexity index is 806. The van der Waals surface area contributed by atoms with Gasteiger partial charge < -0.3 is 14.1 Å². The maximum absolute atomic E-state index is 12.6. The molecule has 30 heavy (non-hydrogen) atoms. The molecular weight excluding hydrogens is 380 g/mol. The van der Waals surface area contributed by atoms with Crippen molar-refractivity contribution in [1.82, 2.24) is 20.0 Å². The Balaban J connectivity index is 1.18. The van der Waals surface area contributed by atoms with Crippen LogP contribution in [0.2, 0.25) is 0 Å². The highest BCUT2D eigenvalue weighted by atomic mass is 16.5. The van der Waals surface area contributed by atoms with Gasteiger partial charge in [0.05, 0.1) is 7.11 Å². The van der Waals surface area contributed by atoms with E-state index in [1.807, 2.05) is 29.2 Å². The van der Waals surface area contributed by atoms with Crippen molar-refractivity contribution in [1.29, 1.82) is 0 Å². The SMILES string of the molecule is COc1ccc(CCc2nnc(CCC(=O)N3CCN(C4CCCC4)CC3)o2)cc1. The van der Waals surface area contributed by atoms with E-state index in [2.05, 4.69) is 15.1 Å². The Labute approximate surface area is 178 Å². The van der Waals surface area contributed by atoms with Gasteiger partial charge in [-0.05, 0) is 37.0 Å². The minimum absolute atomic E-state index is 0.194. The molecule has 1 saturated carbocycles. The summed E-state index contributed by atoms with van der Waals surface area (Å²) >= 11 is 0. The van der Waals surface area contributed by atoms with E-state index in [1.54, 1.807) is 7.11 Å². The van der Waals surface area contributed by atoms with Gasteiger partial charge in [-0.3, -0.25) is 9.69 Å². The molecule has 1 aromatic carbocycles. The molecule has 1 saturated heterocycles. The zero-order valence-corrected chi connectivity index (χ0v) is 17.9. The predicted molar refractivity (Wildman–Crippen MR) is 113 cm³/mol. The van der Waals surface area contributed by atoms with Gasteiger partial charge in [-0.1, -0.05) is 25.0 Å². The molecule has 4 rings (SSSR count). The molecule has 7 nitrogen and oxygen atoms in total. The maximum atomic E-state index is 12.6. The molecule has 2 aromatic rings. The summed E-state index contributed by atoms with van der Waals surface area (Å²) in [5.41, 5.74) is 1.20. The first-order valence-corrected chi connectivity index (χ1v) is 11.2. The second-order valence-corrected chi connectivity index (χ2v) is 8.29. The fourth-order valence-corrected chi connectivity index (χ4v) is 4.51. The highest BCUT2D eigenvalue weighted by Gasteiger charge is 2.27. The Morgan fingerprint density at radius 2 is 1.67 bits per heavy atom. The normalized spacial score (nSPS) is 18.1. The first-order valence-electron chi connectivity index (χ1n) is 11.2. The number of hydrogen-bond acceptors (Lipinski definition) is 6. The van der Waals surface area contributed by atoms with Crippen LogP contribution in [-0.4, -0.2) is 65.2 Å². The summed E-state index contributed by atoms with van der Waals surface area (Å²) < 4.78 is 10.9. The number of carbonyl (C=O) groups excluding carboxylic acids is 1. The van der Waals surface area contributed by atoms with Gasteiger partial charge in [0.25, 0.3) is 0 Å². The lowest BCUT2D eigenvalue weighted by atomic mass is 10.1. The van der Waals surface area contributed by atoms with Crippen molar-refractivity contribution in [3.8, 4) is 5.75 Å². The van der Waals surface area contributed by atoms with Gasteiger partial charge in [0.2, 0.25) is 17.7 Å². The van der Waals surface area contributed by atoms with Crippen molar-refractivity contribution in [3.05, 3.63) is 41.6 Å². The minimum atomic E-state index is 0.194. The van der Waals surface area contributed by atoms with Gasteiger partial charge in [-0.25, -0.2) is 0 Å². The minimum Gasteiger partial charge on any atom is -0.497 e. The summed E-state index contributed by atoms with van der Waals surface area (Å²) in [6.45, 7) is 3.69. The molecule has 0 radical (unpaired) electrons. The zero-order chi connectivity index (χ0) is 20.8. The third-order valence-electron chi connectivity index (χ3n) is 6.36. The summed E-state index contributed by atoms with van der Waals surface area (Å²) in [5.74, 6) is 2.22. The van der Waals surface area contributed by atoms with Gasteiger partial charge in [0, 0.05) is 51.5 Å². The monoisotopic (exact) mass is 412 g/mol. The van der Waals surface area contributed by atoms with Crippen LogP contribution in [0.1, 0.15) is 49.4 Å². The number of benzene rings is 1. The van der Waals surface area contributed by atoms with E-state index in [9.17, 15) is 4.79 Å². The molecule has 2 fully saturated rings. The highest BCUT2D eigenvalue weighted by molar-refractivity contribution is 5.76. The molecule has 0 N–H and O–H groups in total. The molecule has 0 bridgehead atoms. The Kier molecular flexibility index (Phi) is 7.00. The second-order valence-electron chi connectivity index (χ2n) is 8.29. The number of hydrogen-bond donors (Lipinski definition) is 0. The number of piperazine rings is 1. The molecule has 0 unspecified atom stereocenters. The van der Waals surface area contributed by atoms with Crippen LogP contribution in [0.15, 0.2) is 28.7 Å². The van der Waals surface area contributed by atoms with Crippen LogP contribution in [0.5, 0.6) is 5.75 Å². The first kappa shape index (κ1) is 20.8. The third kappa shape index (κ3) is 5.39. The lowest BCUT2D eigenvalue weighted by Crippen LogP contribution is -2.51. The fraction of sp³-hybridized carbons (Fsp3) is 0.609. The van der Waals surface area contributed by atoms with Gasteiger partial charge in [0.15, 0.2) is 0 Å². The van der Waals surface area contributed by atoms with E-state index in [-0.39, 0.29) is 5.91 Å². The number of methoxy groups -OCH3 is 1. The average Bonchev–Trinajstić information content (AvgIpc) is 3.49. The van der Waals surface area contributed by atoms with Crippen molar-refractivity contribution in [3.63, 3.8) is 0 Å². The Morgan fingerprint density at radius 3 is 2.33 bits per heavy atom. The average molecular weight is 413 g/mol. The lowest BCUT2D eigenvalue weighted by Gasteiger charge is -2.38. The number of aryl methyl sites for hydroxylation is 3. The van der Waals surface area contributed by atoms with Crippen LogP contribution < -0.4 is 4.74 Å². The molecule has 162 valence electrons. The third-order valence-corrected chi connectivity index (χ3v) is 6.36. The molecule has 1 amide bonds. The number of nitrogens with zero attached hydrogens (tertiary/aromatic N) is 4. The number of ether oxygens (including phenoxy) is 1. The number of carbonyl (C=O) groups is 1. The van der Waals surface area contributed by atoms with Gasteiger partial charge >= 0.3 is 0 Å². The van der Waals surface area contributed by atoms with Crippen LogP contribution in [0.4, 0.5) is 0 Å². The molecule has 1 aromatic heterocycles. The Hall–Kier alpha value is -2.41. The van der Waals surface area contributed by atoms with Gasteiger partial charge in [-0.2, -0.15) is 0 Å². The lowest BCUT2D eigenvalue weighted by molar-refractivity contribution is -0.133. The smallest absolute Gasteiger partial charge is 0.223 e. The summed E-state index contributed by atoms with van der Waals surface area (Å²) in [4.78, 5) is 17.1. The van der Waals surface area contributed by atoms with E-state index in [0.29, 0.717) is 31.0 Å². The van der Waals surface area contributed by atoms with E-state index in [4.69, 9.17) is 9.15 Å². The van der Waals surface area contributed by atoms with E-state index in [1.165, 1.54) is 31.2 Å². The summed E-state index contributed by atoms with van der Waals surface area (Å²) in [6, 6.07) is 8.74. The van der Waals surface area contributed by atoms with Gasteiger partial charge in [-0.15, -0.1) is 10.2 Å². The second kappa shape index (κ2) is 10.1. The first-order chi connectivity index (χ1) is 14.7. The van der Waals surface area contributed by atoms with Crippen molar-refractivity contribution in [2.75, 3.05) is 33.3 Å². The van der Waals surface area contributed by atoms with E-state index in [0.717, 1.165) is 44.4 Å². The molecule has 1 aliphatic carbocycles. The molecule has 1 aliphatic heterocycles. The summed E-state index contributed by atoms with van der Waals surface area (Å²) in [6.07, 6.45) is 7.83. The number of rotatable bonds is 8. The number of aromatic nitrogens is 2. The van der Waals surface area contributed by atoms with Crippen LogP contribution in [0.3, 0.4) is 0 Å². The van der Waals surface area contributed by atoms with Gasteiger partial charge in [0.1, 0.15) is 5.75 Å². The largest absolute Gasteiger partial charge is 0.497 e. The predicted octanol–water partition coefficient (Wildman–Crippen LogP) is 2.88. The molecule has 0 atom stereocenters. The Morgan fingerprint density at radius 1 is 1.00 bits per heavy atom. The fourth-order valence-electron chi connectivity index (χ4n) is 4.51. The van der Waals surface area contributed by atoms with Crippen molar-refractivity contribution in [2.45, 2.75) is 57.4 Å². The molecule has 2 aliphatic rings. The quantitative estimate of drug-likeness (QED) is 0.664. The van der Waals surface area contributed by atoms with Crippen molar-refractivity contribution in [2.24, 2.45) is 0 Å². The van der Waals surface area contributed by atoms with Crippen LogP contribution in [-0.2, 0) is 24.1 Å². The molecule has 7 heteroatoms. The van der Waals surface area contributed by atoms with E-state index >= 15 is 0 Å². The molecule has 2 heterocycles. The maximum Gasteiger partial charge on any atom is 0.223 e. The van der Waals surface area contributed by atoms with Crippen LogP contribution in [0.25, 0.3) is 0 Å². The summed E-state index contributed by atoms with van der Waals surface area (Å²) in [5, 5.41) is 8.26. The topological polar surface area (TPSA) is 71.7 Å². The number of amides is 1. The van der Waals surface area contributed by atoms with Crippen molar-refractivity contribution < 1.29 is 13.9 Å². The van der Waals surface area contributed by atoms with E-state index < -0.39 is 0 Å². The molecular formula is C23H32N4O3. The summed E-state index contributed by atoms with van der Waals surface area (Å²) in [7, 11) is 1.66. The molecule has 0 spiro atoms.